The maximum absolute atomic E-state index is 12.7. The van der Waals surface area contributed by atoms with Crippen LogP contribution in [0.3, 0.4) is 0 Å². The number of para-hydroxylation sites is 1. The Labute approximate surface area is 192 Å². The summed E-state index contributed by atoms with van der Waals surface area (Å²) in [5.74, 6) is 0.965. The third-order valence-electron chi connectivity index (χ3n) is 5.54. The monoisotopic (exact) mass is 447 g/mol. The number of amides is 1. The van der Waals surface area contributed by atoms with E-state index in [0.717, 1.165) is 22.5 Å². The second-order valence-electron chi connectivity index (χ2n) is 8.94. The number of halogens is 1. The summed E-state index contributed by atoms with van der Waals surface area (Å²) in [6, 6.07) is 15.5. The summed E-state index contributed by atoms with van der Waals surface area (Å²) in [6.45, 7) is 10.4. The summed E-state index contributed by atoms with van der Waals surface area (Å²) in [4.78, 5) is 21.9. The molecule has 0 bridgehead atoms. The highest BCUT2D eigenvalue weighted by Crippen LogP contribution is 2.26. The third-order valence-corrected chi connectivity index (χ3v) is 5.87. The van der Waals surface area contributed by atoms with Gasteiger partial charge in [-0.1, -0.05) is 68.8 Å². The Balaban J connectivity index is 1.63. The van der Waals surface area contributed by atoms with E-state index in [-0.39, 0.29) is 17.7 Å². The Hall–Kier alpha value is -3.25. The summed E-state index contributed by atoms with van der Waals surface area (Å²) in [5.41, 5.74) is 5.27. The minimum atomic E-state index is -0.163. The number of carbonyl (C=O) groups excluding carboxylic acids is 1. The fourth-order valence-corrected chi connectivity index (χ4v) is 3.81. The van der Waals surface area contributed by atoms with Crippen molar-refractivity contribution >= 4 is 29.0 Å². The summed E-state index contributed by atoms with van der Waals surface area (Å²) < 4.78 is 1.71. The Morgan fingerprint density at radius 1 is 1.03 bits per heavy atom. The third kappa shape index (κ3) is 4.36. The molecular formula is C25H26ClN5O. The van der Waals surface area contributed by atoms with Gasteiger partial charge < -0.3 is 5.32 Å². The molecule has 7 heteroatoms. The number of hydrogen-bond donors (Lipinski definition) is 1. The van der Waals surface area contributed by atoms with Crippen molar-refractivity contribution in [3.8, 4) is 11.4 Å². The van der Waals surface area contributed by atoms with Crippen LogP contribution < -0.4 is 5.32 Å². The van der Waals surface area contributed by atoms with Gasteiger partial charge in [0.2, 0.25) is 5.91 Å². The molecule has 0 aliphatic rings. The van der Waals surface area contributed by atoms with Crippen LogP contribution in [0.25, 0.3) is 17.2 Å². The molecular weight excluding hydrogens is 422 g/mol. The van der Waals surface area contributed by atoms with Crippen LogP contribution in [-0.4, -0.2) is 25.5 Å². The van der Waals surface area contributed by atoms with Crippen LogP contribution in [0, 0.1) is 13.8 Å². The smallest absolute Gasteiger partial charge is 0.253 e. The summed E-state index contributed by atoms with van der Waals surface area (Å²) in [5, 5.41) is 8.04. The number of hydrogen-bond acceptors (Lipinski definition) is 4. The number of fused-ring (bicyclic) bond motifs is 1. The number of aryl methyl sites for hydroxylation is 2. The van der Waals surface area contributed by atoms with Gasteiger partial charge in [0.1, 0.15) is 0 Å². The van der Waals surface area contributed by atoms with Gasteiger partial charge in [-0.15, -0.1) is 5.10 Å². The zero-order valence-electron chi connectivity index (χ0n) is 18.9. The van der Waals surface area contributed by atoms with Gasteiger partial charge in [0, 0.05) is 22.5 Å². The molecule has 6 nitrogen and oxygen atoms in total. The minimum absolute atomic E-state index is 0.0829. The Bertz CT molecular complexity index is 1300. The molecule has 4 aromatic rings. The van der Waals surface area contributed by atoms with E-state index in [0.29, 0.717) is 22.3 Å². The molecule has 1 N–H and O–H groups in total. The number of carbonyl (C=O) groups is 1. The number of benzene rings is 2. The van der Waals surface area contributed by atoms with Crippen LogP contribution in [0.2, 0.25) is 5.02 Å². The number of anilines is 1. The second kappa shape index (κ2) is 8.36. The van der Waals surface area contributed by atoms with Crippen LogP contribution in [0.1, 0.15) is 43.3 Å². The zero-order chi connectivity index (χ0) is 23.0. The zero-order valence-corrected chi connectivity index (χ0v) is 19.7. The SMILES string of the molecule is Cc1nc2nc(-c3ccc(C(C)(C)C)cc3)nn2c(C)c1CC(=O)Nc1ccccc1Cl. The lowest BCUT2D eigenvalue weighted by Crippen LogP contribution is -2.18. The van der Waals surface area contributed by atoms with Gasteiger partial charge in [0.15, 0.2) is 5.82 Å². The number of nitrogens with zero attached hydrogens (tertiary/aromatic N) is 4. The highest BCUT2D eigenvalue weighted by molar-refractivity contribution is 6.33. The van der Waals surface area contributed by atoms with Gasteiger partial charge >= 0.3 is 0 Å². The molecule has 2 aromatic heterocycles. The standard InChI is InChI=1S/C25H26ClN5O/c1-15-19(14-22(32)28-21-9-7-6-8-20(21)26)16(2)31-24(27-15)29-23(30-31)17-10-12-18(13-11-17)25(3,4)5/h6-13H,14H2,1-5H3,(H,28,32). The minimum Gasteiger partial charge on any atom is -0.324 e. The molecule has 0 aliphatic carbocycles. The Morgan fingerprint density at radius 3 is 2.38 bits per heavy atom. The van der Waals surface area contributed by atoms with Crippen LogP contribution in [0.5, 0.6) is 0 Å². The van der Waals surface area contributed by atoms with Crippen molar-refractivity contribution in [3.63, 3.8) is 0 Å². The molecule has 32 heavy (non-hydrogen) atoms. The molecule has 164 valence electrons. The van der Waals surface area contributed by atoms with Gasteiger partial charge in [0.25, 0.3) is 5.78 Å². The predicted molar refractivity (Wildman–Crippen MR) is 128 cm³/mol. The molecule has 2 aromatic carbocycles. The number of rotatable bonds is 4. The quantitative estimate of drug-likeness (QED) is 0.445. The van der Waals surface area contributed by atoms with Gasteiger partial charge in [-0.2, -0.15) is 4.98 Å². The van der Waals surface area contributed by atoms with Crippen molar-refractivity contribution in [1.82, 2.24) is 19.6 Å². The largest absolute Gasteiger partial charge is 0.324 e. The molecule has 0 saturated carbocycles. The average molecular weight is 448 g/mol. The molecule has 0 spiro atoms. The lowest BCUT2D eigenvalue weighted by Gasteiger charge is -2.18. The van der Waals surface area contributed by atoms with E-state index < -0.39 is 0 Å². The van der Waals surface area contributed by atoms with Crippen molar-refractivity contribution in [1.29, 1.82) is 0 Å². The fourth-order valence-electron chi connectivity index (χ4n) is 3.62. The van der Waals surface area contributed by atoms with E-state index in [1.165, 1.54) is 5.56 Å². The van der Waals surface area contributed by atoms with E-state index >= 15 is 0 Å². The van der Waals surface area contributed by atoms with Crippen LogP contribution in [0.4, 0.5) is 5.69 Å². The molecule has 4 rings (SSSR count). The van der Waals surface area contributed by atoms with Gasteiger partial charge in [-0.3, -0.25) is 4.79 Å². The van der Waals surface area contributed by atoms with E-state index in [1.807, 2.05) is 38.1 Å². The van der Waals surface area contributed by atoms with E-state index in [1.54, 1.807) is 16.6 Å². The first-order chi connectivity index (χ1) is 15.1. The average Bonchev–Trinajstić information content (AvgIpc) is 3.16. The fraction of sp³-hybridized carbons (Fsp3) is 0.280. The maximum atomic E-state index is 12.7. The highest BCUT2D eigenvalue weighted by atomic mass is 35.5. The number of nitrogens with one attached hydrogen (secondary N) is 1. The topological polar surface area (TPSA) is 72.2 Å². The van der Waals surface area contributed by atoms with Crippen molar-refractivity contribution in [2.45, 2.75) is 46.5 Å². The predicted octanol–water partition coefficient (Wildman–Crippen LogP) is 5.54. The summed E-state index contributed by atoms with van der Waals surface area (Å²) in [6.07, 6.45) is 0.168. The maximum Gasteiger partial charge on any atom is 0.253 e. The van der Waals surface area contributed by atoms with Crippen LogP contribution >= 0.6 is 11.6 Å². The first-order valence-corrected chi connectivity index (χ1v) is 10.9. The molecule has 2 heterocycles. The van der Waals surface area contributed by atoms with E-state index in [4.69, 9.17) is 11.6 Å². The van der Waals surface area contributed by atoms with Crippen molar-refractivity contribution in [2.24, 2.45) is 0 Å². The second-order valence-corrected chi connectivity index (χ2v) is 9.35. The first-order valence-electron chi connectivity index (χ1n) is 10.5. The highest BCUT2D eigenvalue weighted by Gasteiger charge is 2.18. The van der Waals surface area contributed by atoms with Crippen molar-refractivity contribution in [3.05, 3.63) is 76.1 Å². The van der Waals surface area contributed by atoms with Crippen molar-refractivity contribution < 1.29 is 4.79 Å². The molecule has 0 aliphatic heterocycles. The van der Waals surface area contributed by atoms with E-state index in [2.05, 4.69) is 53.3 Å². The summed E-state index contributed by atoms with van der Waals surface area (Å²) in [7, 11) is 0. The number of aromatic nitrogens is 4. The van der Waals surface area contributed by atoms with Gasteiger partial charge in [0.05, 0.1) is 17.1 Å². The normalized spacial score (nSPS) is 11.7. The van der Waals surface area contributed by atoms with E-state index in [9.17, 15) is 4.79 Å². The molecule has 0 saturated heterocycles. The molecule has 0 unspecified atom stereocenters. The first kappa shape index (κ1) is 22.0. The lowest BCUT2D eigenvalue weighted by atomic mass is 9.87. The van der Waals surface area contributed by atoms with Crippen LogP contribution in [-0.2, 0) is 16.6 Å². The molecule has 0 fully saturated rings. The molecule has 0 radical (unpaired) electrons. The van der Waals surface area contributed by atoms with Crippen LogP contribution in [0.15, 0.2) is 48.5 Å². The Morgan fingerprint density at radius 2 is 1.72 bits per heavy atom. The van der Waals surface area contributed by atoms with Crippen molar-refractivity contribution in [2.75, 3.05) is 5.32 Å². The van der Waals surface area contributed by atoms with Gasteiger partial charge in [-0.05, 0) is 37.0 Å². The molecule has 0 atom stereocenters. The lowest BCUT2D eigenvalue weighted by molar-refractivity contribution is -0.115. The Kier molecular flexibility index (Phi) is 5.73. The van der Waals surface area contributed by atoms with Gasteiger partial charge in [-0.25, -0.2) is 9.50 Å². The molecule has 1 amide bonds. The summed E-state index contributed by atoms with van der Waals surface area (Å²) >= 11 is 6.16.